The molecule has 0 amide bonds. The molecule has 2 atom stereocenters. The second-order valence-electron chi connectivity index (χ2n) is 4.69. The standard InChI is InChI=1S/C14H21NOS/c1-9(2)13(16)10(3)11-7-5-6-8-12(11)14(17)15-4/h5-10,13,16H,1-4H3,(H,15,17). The molecule has 0 aliphatic heterocycles. The van der Waals surface area contributed by atoms with Gasteiger partial charge in [-0.25, -0.2) is 0 Å². The van der Waals surface area contributed by atoms with Crippen LogP contribution in [0.15, 0.2) is 24.3 Å². The summed E-state index contributed by atoms with van der Waals surface area (Å²) in [7, 11) is 1.82. The van der Waals surface area contributed by atoms with Crippen LogP contribution in [0.5, 0.6) is 0 Å². The van der Waals surface area contributed by atoms with Gasteiger partial charge < -0.3 is 10.4 Å². The van der Waals surface area contributed by atoms with Gasteiger partial charge >= 0.3 is 0 Å². The van der Waals surface area contributed by atoms with E-state index in [1.807, 2.05) is 52.1 Å². The van der Waals surface area contributed by atoms with Gasteiger partial charge in [-0.05, 0) is 11.5 Å². The summed E-state index contributed by atoms with van der Waals surface area (Å²) in [5, 5.41) is 13.2. The summed E-state index contributed by atoms with van der Waals surface area (Å²) in [5.41, 5.74) is 2.12. The van der Waals surface area contributed by atoms with Gasteiger partial charge in [0.05, 0.1) is 6.10 Å². The van der Waals surface area contributed by atoms with E-state index in [9.17, 15) is 5.11 Å². The number of aliphatic hydroxyl groups excluding tert-OH is 1. The summed E-state index contributed by atoms with van der Waals surface area (Å²) in [6, 6.07) is 7.99. The molecule has 0 saturated heterocycles. The predicted octanol–water partition coefficient (Wildman–Crippen LogP) is 2.70. The first-order valence-corrected chi connectivity index (χ1v) is 6.39. The summed E-state index contributed by atoms with van der Waals surface area (Å²) in [4.78, 5) is 0.725. The Hall–Kier alpha value is -0.930. The lowest BCUT2D eigenvalue weighted by Gasteiger charge is -2.24. The first-order valence-electron chi connectivity index (χ1n) is 5.98. The molecule has 0 saturated carbocycles. The average Bonchev–Trinajstić information content (AvgIpc) is 2.35. The largest absolute Gasteiger partial charge is 0.392 e. The molecular formula is C14H21NOS. The maximum atomic E-state index is 10.2. The minimum atomic E-state index is -0.351. The van der Waals surface area contributed by atoms with Crippen molar-refractivity contribution < 1.29 is 5.11 Å². The average molecular weight is 251 g/mol. The third-order valence-corrected chi connectivity index (χ3v) is 3.54. The van der Waals surface area contributed by atoms with Crippen molar-refractivity contribution in [3.63, 3.8) is 0 Å². The number of rotatable bonds is 4. The first kappa shape index (κ1) is 14.1. The predicted molar refractivity (Wildman–Crippen MR) is 76.5 cm³/mol. The van der Waals surface area contributed by atoms with Crippen LogP contribution in [0, 0.1) is 5.92 Å². The summed E-state index contributed by atoms with van der Waals surface area (Å²) in [6.07, 6.45) is -0.351. The van der Waals surface area contributed by atoms with Gasteiger partial charge in [-0.15, -0.1) is 0 Å². The molecule has 1 aromatic carbocycles. The Morgan fingerprint density at radius 1 is 1.24 bits per heavy atom. The molecule has 2 nitrogen and oxygen atoms in total. The molecule has 0 radical (unpaired) electrons. The van der Waals surface area contributed by atoms with Gasteiger partial charge in [0.25, 0.3) is 0 Å². The van der Waals surface area contributed by atoms with Crippen molar-refractivity contribution in [3.05, 3.63) is 35.4 Å². The third-order valence-electron chi connectivity index (χ3n) is 3.12. The van der Waals surface area contributed by atoms with Crippen molar-refractivity contribution in [2.75, 3.05) is 7.05 Å². The molecule has 2 unspecified atom stereocenters. The smallest absolute Gasteiger partial charge is 0.106 e. The van der Waals surface area contributed by atoms with E-state index in [1.165, 1.54) is 0 Å². The monoisotopic (exact) mass is 251 g/mol. The van der Waals surface area contributed by atoms with E-state index in [0.29, 0.717) is 0 Å². The molecule has 0 heterocycles. The summed E-state index contributed by atoms with van der Waals surface area (Å²) in [6.45, 7) is 6.10. The van der Waals surface area contributed by atoms with Gasteiger partial charge in [0, 0.05) is 18.5 Å². The van der Waals surface area contributed by atoms with Crippen LogP contribution in [0.1, 0.15) is 37.8 Å². The van der Waals surface area contributed by atoms with Crippen LogP contribution in [-0.4, -0.2) is 23.2 Å². The second-order valence-corrected chi connectivity index (χ2v) is 5.10. The van der Waals surface area contributed by atoms with E-state index in [0.717, 1.165) is 16.1 Å². The van der Waals surface area contributed by atoms with Crippen molar-refractivity contribution in [2.24, 2.45) is 5.92 Å². The van der Waals surface area contributed by atoms with Crippen molar-refractivity contribution in [1.82, 2.24) is 5.32 Å². The van der Waals surface area contributed by atoms with Gasteiger partial charge in [-0.1, -0.05) is 57.3 Å². The lowest BCUT2D eigenvalue weighted by atomic mass is 9.86. The zero-order chi connectivity index (χ0) is 13.0. The molecule has 94 valence electrons. The Bertz CT molecular complexity index is 390. The first-order chi connectivity index (χ1) is 7.99. The highest BCUT2D eigenvalue weighted by atomic mass is 32.1. The van der Waals surface area contributed by atoms with E-state index < -0.39 is 0 Å². The molecule has 0 bridgehead atoms. The normalized spacial score (nSPS) is 14.5. The minimum Gasteiger partial charge on any atom is -0.392 e. The maximum Gasteiger partial charge on any atom is 0.106 e. The fraction of sp³-hybridized carbons (Fsp3) is 0.500. The van der Waals surface area contributed by atoms with Crippen LogP contribution in [0.3, 0.4) is 0 Å². The van der Waals surface area contributed by atoms with Gasteiger partial charge in [0.15, 0.2) is 0 Å². The van der Waals surface area contributed by atoms with Crippen LogP contribution in [-0.2, 0) is 0 Å². The SMILES string of the molecule is CNC(=S)c1ccccc1C(C)C(O)C(C)C. The summed E-state index contributed by atoms with van der Waals surface area (Å²) < 4.78 is 0. The Morgan fingerprint density at radius 2 is 1.82 bits per heavy atom. The molecule has 3 heteroatoms. The molecule has 0 aliphatic carbocycles. The number of nitrogens with one attached hydrogen (secondary N) is 1. The zero-order valence-corrected chi connectivity index (χ0v) is 11.7. The molecule has 0 spiro atoms. The van der Waals surface area contributed by atoms with E-state index in [4.69, 9.17) is 12.2 Å². The lowest BCUT2D eigenvalue weighted by molar-refractivity contribution is 0.102. The molecular weight excluding hydrogens is 230 g/mol. The molecule has 0 aliphatic rings. The fourth-order valence-electron chi connectivity index (χ4n) is 2.00. The zero-order valence-electron chi connectivity index (χ0n) is 10.9. The molecule has 1 aromatic rings. The summed E-state index contributed by atoms with van der Waals surface area (Å²) >= 11 is 5.29. The van der Waals surface area contributed by atoms with Gasteiger partial charge in [-0.3, -0.25) is 0 Å². The molecule has 0 fully saturated rings. The van der Waals surface area contributed by atoms with E-state index in [1.54, 1.807) is 0 Å². The van der Waals surface area contributed by atoms with Crippen LogP contribution >= 0.6 is 12.2 Å². The van der Waals surface area contributed by atoms with E-state index in [2.05, 4.69) is 5.32 Å². The number of hydrogen-bond donors (Lipinski definition) is 2. The highest BCUT2D eigenvalue weighted by Gasteiger charge is 2.22. The van der Waals surface area contributed by atoms with Crippen molar-refractivity contribution in [1.29, 1.82) is 0 Å². The molecule has 17 heavy (non-hydrogen) atoms. The van der Waals surface area contributed by atoms with Crippen LogP contribution < -0.4 is 5.32 Å². The summed E-state index contributed by atoms with van der Waals surface area (Å²) in [5.74, 6) is 0.318. The molecule has 0 aromatic heterocycles. The van der Waals surface area contributed by atoms with Crippen LogP contribution in [0.4, 0.5) is 0 Å². The van der Waals surface area contributed by atoms with Crippen LogP contribution in [0.25, 0.3) is 0 Å². The Labute approximate surface area is 109 Å². The molecule has 1 rings (SSSR count). The highest BCUT2D eigenvalue weighted by molar-refractivity contribution is 7.80. The Kier molecular flexibility index (Phi) is 5.09. The van der Waals surface area contributed by atoms with Gasteiger partial charge in [0.1, 0.15) is 4.99 Å². The Morgan fingerprint density at radius 3 is 2.35 bits per heavy atom. The van der Waals surface area contributed by atoms with Crippen LogP contribution in [0.2, 0.25) is 0 Å². The number of benzene rings is 1. The number of thiocarbonyl (C=S) groups is 1. The quantitative estimate of drug-likeness (QED) is 0.807. The minimum absolute atomic E-state index is 0.0810. The third kappa shape index (κ3) is 3.27. The highest BCUT2D eigenvalue weighted by Crippen LogP contribution is 2.26. The Balaban J connectivity index is 3.09. The van der Waals surface area contributed by atoms with Crippen molar-refractivity contribution in [2.45, 2.75) is 32.8 Å². The maximum absolute atomic E-state index is 10.2. The van der Waals surface area contributed by atoms with E-state index >= 15 is 0 Å². The molecule has 2 N–H and O–H groups in total. The van der Waals surface area contributed by atoms with Gasteiger partial charge in [-0.2, -0.15) is 0 Å². The van der Waals surface area contributed by atoms with Crippen molar-refractivity contribution in [3.8, 4) is 0 Å². The van der Waals surface area contributed by atoms with Gasteiger partial charge in [0.2, 0.25) is 0 Å². The van der Waals surface area contributed by atoms with Crippen molar-refractivity contribution >= 4 is 17.2 Å². The lowest BCUT2D eigenvalue weighted by Crippen LogP contribution is -2.25. The second kappa shape index (κ2) is 6.12. The van der Waals surface area contributed by atoms with E-state index in [-0.39, 0.29) is 17.9 Å². The number of hydrogen-bond acceptors (Lipinski definition) is 2. The fourth-order valence-corrected chi connectivity index (χ4v) is 2.18. The number of aliphatic hydroxyl groups is 1. The topological polar surface area (TPSA) is 32.3 Å².